The Morgan fingerprint density at radius 3 is 2.44 bits per heavy atom. The molecule has 0 aliphatic carbocycles. The van der Waals surface area contributed by atoms with E-state index in [-0.39, 0.29) is 5.91 Å². The van der Waals surface area contributed by atoms with Crippen molar-refractivity contribution in [3.8, 4) is 0 Å². The molecule has 3 heteroatoms. The summed E-state index contributed by atoms with van der Waals surface area (Å²) in [6.07, 6.45) is 6.81. The van der Waals surface area contributed by atoms with Crippen molar-refractivity contribution in [3.05, 3.63) is 12.2 Å². The average Bonchev–Trinajstić information content (AvgIpc) is 2.29. The third kappa shape index (κ3) is 8.48. The Morgan fingerprint density at radius 2 is 1.88 bits per heavy atom. The molecule has 0 aliphatic rings. The molecule has 0 radical (unpaired) electrons. The van der Waals surface area contributed by atoms with E-state index >= 15 is 0 Å². The lowest BCUT2D eigenvalue weighted by atomic mass is 10.2. The van der Waals surface area contributed by atoms with E-state index in [2.05, 4.69) is 24.1 Å². The fraction of sp³-hybridized carbons (Fsp3) is 0.769. The highest BCUT2D eigenvalue weighted by Gasteiger charge is 1.98. The third-order valence-corrected chi connectivity index (χ3v) is 2.66. The maximum Gasteiger partial charge on any atom is 0.243 e. The molecular weight excluding hydrogens is 200 g/mol. The zero-order valence-corrected chi connectivity index (χ0v) is 11.0. The summed E-state index contributed by atoms with van der Waals surface area (Å²) < 4.78 is 0. The van der Waals surface area contributed by atoms with Crippen LogP contribution in [0.15, 0.2) is 12.2 Å². The number of allylic oxidation sites excluding steroid dienone is 1. The molecule has 0 spiro atoms. The van der Waals surface area contributed by atoms with Crippen molar-refractivity contribution in [1.82, 2.24) is 10.2 Å². The maximum atomic E-state index is 11.1. The summed E-state index contributed by atoms with van der Waals surface area (Å²) in [4.78, 5) is 13.5. The fourth-order valence-electron chi connectivity index (χ4n) is 1.60. The van der Waals surface area contributed by atoms with E-state index in [9.17, 15) is 4.79 Å². The summed E-state index contributed by atoms with van der Waals surface area (Å²) in [6.45, 7) is 10.5. The lowest BCUT2D eigenvalue weighted by molar-refractivity contribution is -0.116. The van der Waals surface area contributed by atoms with Gasteiger partial charge in [-0.1, -0.05) is 26.3 Å². The van der Waals surface area contributed by atoms with Crippen LogP contribution in [0.1, 0.15) is 40.0 Å². The second-order valence-electron chi connectivity index (χ2n) is 3.88. The monoisotopic (exact) mass is 226 g/mol. The Balaban J connectivity index is 3.30. The molecule has 0 bridgehead atoms. The van der Waals surface area contributed by atoms with E-state index in [0.29, 0.717) is 0 Å². The van der Waals surface area contributed by atoms with E-state index in [1.807, 2.05) is 6.92 Å². The molecule has 0 heterocycles. The zero-order valence-electron chi connectivity index (χ0n) is 11.0. The average molecular weight is 226 g/mol. The van der Waals surface area contributed by atoms with E-state index < -0.39 is 0 Å². The van der Waals surface area contributed by atoms with Gasteiger partial charge in [0.15, 0.2) is 0 Å². The molecule has 94 valence electrons. The first-order chi connectivity index (χ1) is 7.74. The fourth-order valence-corrected chi connectivity index (χ4v) is 1.60. The van der Waals surface area contributed by atoms with Gasteiger partial charge in [-0.3, -0.25) is 4.79 Å². The summed E-state index contributed by atoms with van der Waals surface area (Å²) in [6, 6.07) is 0. The first-order valence-corrected chi connectivity index (χ1v) is 6.37. The van der Waals surface area contributed by atoms with Gasteiger partial charge < -0.3 is 10.2 Å². The first kappa shape index (κ1) is 15.2. The molecule has 16 heavy (non-hydrogen) atoms. The number of carbonyl (C=O) groups excluding carboxylic acids is 1. The van der Waals surface area contributed by atoms with Gasteiger partial charge in [-0.15, -0.1) is 0 Å². The second-order valence-corrected chi connectivity index (χ2v) is 3.88. The Morgan fingerprint density at radius 1 is 1.19 bits per heavy atom. The lowest BCUT2D eigenvalue weighted by Crippen LogP contribution is -2.25. The number of amides is 1. The van der Waals surface area contributed by atoms with Crippen molar-refractivity contribution in [1.29, 1.82) is 0 Å². The number of hydrogen-bond acceptors (Lipinski definition) is 2. The Hall–Kier alpha value is -0.830. The van der Waals surface area contributed by atoms with Crippen molar-refractivity contribution in [3.63, 3.8) is 0 Å². The number of rotatable bonds is 9. The molecule has 0 unspecified atom stereocenters. The SMILES string of the molecule is C/C=C/C(=O)NCCCCCN(CC)CC. The Kier molecular flexibility index (Phi) is 10.1. The quantitative estimate of drug-likeness (QED) is 0.483. The molecule has 3 nitrogen and oxygen atoms in total. The topological polar surface area (TPSA) is 32.3 Å². The predicted molar refractivity (Wildman–Crippen MR) is 69.5 cm³/mol. The van der Waals surface area contributed by atoms with E-state index in [1.165, 1.54) is 19.4 Å². The Labute approximate surface area is 99.9 Å². The zero-order chi connectivity index (χ0) is 12.2. The maximum absolute atomic E-state index is 11.1. The predicted octanol–water partition coefficient (Wildman–Crippen LogP) is 2.19. The van der Waals surface area contributed by atoms with Crippen molar-refractivity contribution in [2.75, 3.05) is 26.2 Å². The highest BCUT2D eigenvalue weighted by molar-refractivity contribution is 5.87. The van der Waals surface area contributed by atoms with E-state index in [0.717, 1.165) is 26.1 Å². The molecule has 0 rings (SSSR count). The van der Waals surface area contributed by atoms with Crippen LogP contribution in [0.25, 0.3) is 0 Å². The molecule has 1 N–H and O–H groups in total. The molecule has 0 aromatic heterocycles. The van der Waals surface area contributed by atoms with Gasteiger partial charge in [-0.05, 0) is 45.5 Å². The molecule has 0 aliphatic heterocycles. The summed E-state index contributed by atoms with van der Waals surface area (Å²) in [7, 11) is 0. The van der Waals surface area contributed by atoms with Gasteiger partial charge in [0.2, 0.25) is 5.91 Å². The van der Waals surface area contributed by atoms with Crippen LogP contribution in [0.5, 0.6) is 0 Å². The molecular formula is C13H26N2O. The van der Waals surface area contributed by atoms with Gasteiger partial charge in [0.1, 0.15) is 0 Å². The van der Waals surface area contributed by atoms with Gasteiger partial charge in [0, 0.05) is 6.54 Å². The Bertz CT molecular complexity index is 198. The van der Waals surface area contributed by atoms with Crippen LogP contribution in [0.3, 0.4) is 0 Å². The van der Waals surface area contributed by atoms with Gasteiger partial charge in [0.05, 0.1) is 0 Å². The van der Waals surface area contributed by atoms with Crippen molar-refractivity contribution >= 4 is 5.91 Å². The highest BCUT2D eigenvalue weighted by Crippen LogP contribution is 1.97. The molecule has 0 saturated heterocycles. The number of unbranched alkanes of at least 4 members (excludes halogenated alkanes) is 2. The molecule has 0 aromatic carbocycles. The summed E-state index contributed by atoms with van der Waals surface area (Å²) in [5, 5.41) is 2.86. The minimum Gasteiger partial charge on any atom is -0.353 e. The summed E-state index contributed by atoms with van der Waals surface area (Å²) in [5.41, 5.74) is 0. The highest BCUT2D eigenvalue weighted by atomic mass is 16.1. The van der Waals surface area contributed by atoms with Crippen LogP contribution < -0.4 is 5.32 Å². The minimum absolute atomic E-state index is 0.0197. The van der Waals surface area contributed by atoms with Crippen LogP contribution in [-0.4, -0.2) is 37.0 Å². The van der Waals surface area contributed by atoms with Crippen LogP contribution in [0.4, 0.5) is 0 Å². The second kappa shape index (κ2) is 10.7. The van der Waals surface area contributed by atoms with Crippen molar-refractivity contribution < 1.29 is 4.79 Å². The minimum atomic E-state index is 0.0197. The molecule has 0 fully saturated rings. The van der Waals surface area contributed by atoms with Gasteiger partial charge in [-0.25, -0.2) is 0 Å². The molecule has 0 atom stereocenters. The van der Waals surface area contributed by atoms with E-state index in [4.69, 9.17) is 0 Å². The third-order valence-electron chi connectivity index (χ3n) is 2.66. The van der Waals surface area contributed by atoms with Gasteiger partial charge in [0.25, 0.3) is 0 Å². The number of nitrogens with zero attached hydrogens (tertiary/aromatic N) is 1. The molecule has 1 amide bonds. The van der Waals surface area contributed by atoms with Gasteiger partial charge >= 0.3 is 0 Å². The van der Waals surface area contributed by atoms with Crippen LogP contribution in [0.2, 0.25) is 0 Å². The normalized spacial score (nSPS) is 11.2. The molecule has 0 aromatic rings. The first-order valence-electron chi connectivity index (χ1n) is 6.37. The van der Waals surface area contributed by atoms with Crippen molar-refractivity contribution in [2.45, 2.75) is 40.0 Å². The van der Waals surface area contributed by atoms with Crippen LogP contribution >= 0.6 is 0 Å². The smallest absolute Gasteiger partial charge is 0.243 e. The van der Waals surface area contributed by atoms with Gasteiger partial charge in [-0.2, -0.15) is 0 Å². The van der Waals surface area contributed by atoms with Crippen molar-refractivity contribution in [2.24, 2.45) is 0 Å². The van der Waals surface area contributed by atoms with Crippen LogP contribution in [-0.2, 0) is 4.79 Å². The summed E-state index contributed by atoms with van der Waals surface area (Å²) >= 11 is 0. The standard InChI is InChI=1S/C13H26N2O/c1-4-10-13(16)14-11-8-7-9-12-15(5-2)6-3/h4,10H,5-9,11-12H2,1-3H3,(H,14,16)/b10-4+. The van der Waals surface area contributed by atoms with E-state index in [1.54, 1.807) is 12.2 Å². The number of hydrogen-bond donors (Lipinski definition) is 1. The molecule has 0 saturated carbocycles. The number of nitrogens with one attached hydrogen (secondary N) is 1. The van der Waals surface area contributed by atoms with Crippen LogP contribution in [0, 0.1) is 0 Å². The lowest BCUT2D eigenvalue weighted by Gasteiger charge is -2.17. The largest absolute Gasteiger partial charge is 0.353 e. The number of carbonyl (C=O) groups is 1. The summed E-state index contributed by atoms with van der Waals surface area (Å²) in [5.74, 6) is 0.0197.